The molecule has 0 radical (unpaired) electrons. The van der Waals surface area contributed by atoms with Crippen LogP contribution >= 0.6 is 0 Å². The zero-order valence-electron chi connectivity index (χ0n) is 12.7. The topological polar surface area (TPSA) is 98.7 Å². The Labute approximate surface area is 128 Å². The second-order valence-electron chi connectivity index (χ2n) is 6.10. The maximum absolute atomic E-state index is 12.3. The number of nitrogens with two attached hydrogens (primary N) is 1. The van der Waals surface area contributed by atoms with E-state index in [-0.39, 0.29) is 17.9 Å². The van der Waals surface area contributed by atoms with Crippen molar-refractivity contribution in [3.8, 4) is 0 Å². The van der Waals surface area contributed by atoms with Crippen molar-refractivity contribution < 1.29 is 18.8 Å². The summed E-state index contributed by atoms with van der Waals surface area (Å²) in [6.07, 6.45) is 2.97. The number of ether oxygens (including phenoxy) is 1. The number of hydrogen-bond donors (Lipinski definition) is 1. The lowest BCUT2D eigenvalue weighted by molar-refractivity contribution is -0.130. The highest BCUT2D eigenvalue weighted by Gasteiger charge is 2.36. The predicted molar refractivity (Wildman–Crippen MR) is 77.0 cm³/mol. The molecule has 1 aromatic heterocycles. The summed E-state index contributed by atoms with van der Waals surface area (Å²) >= 11 is 0. The van der Waals surface area contributed by atoms with Crippen LogP contribution in [0.1, 0.15) is 41.9 Å². The first kappa shape index (κ1) is 15.0. The van der Waals surface area contributed by atoms with Crippen LogP contribution < -0.4 is 5.73 Å². The van der Waals surface area contributed by atoms with Gasteiger partial charge in [0, 0.05) is 19.2 Å². The van der Waals surface area contributed by atoms with Crippen molar-refractivity contribution in [3.63, 3.8) is 0 Å². The van der Waals surface area contributed by atoms with Crippen LogP contribution in [0.4, 0.5) is 0 Å². The lowest BCUT2D eigenvalue weighted by atomic mass is 9.89. The first-order valence-corrected chi connectivity index (χ1v) is 7.72. The molecule has 3 rings (SSSR count). The lowest BCUT2D eigenvalue weighted by Crippen LogP contribution is -2.41. The molecule has 2 aliphatic rings. The summed E-state index contributed by atoms with van der Waals surface area (Å²) in [6, 6.07) is 1.66. The number of piperidine rings is 1. The Balaban J connectivity index is 1.52. The highest BCUT2D eigenvalue weighted by atomic mass is 16.5. The standard InChI is InChI=1S/C15H21N3O4/c1-9-8-11(17-22-9)15(20)18-6-4-10(5-7-18)12-2-3-13(21-12)14(16)19/h8,10,12-13H,2-7H2,1H3,(H2,16,19)/t12-,13+/m0/s1. The Hall–Kier alpha value is -1.89. The molecule has 2 fully saturated rings. The highest BCUT2D eigenvalue weighted by Crippen LogP contribution is 2.32. The Morgan fingerprint density at radius 2 is 2.00 bits per heavy atom. The molecule has 2 atom stereocenters. The maximum Gasteiger partial charge on any atom is 0.276 e. The minimum atomic E-state index is -0.442. The fourth-order valence-corrected chi connectivity index (χ4v) is 3.32. The van der Waals surface area contributed by atoms with Crippen molar-refractivity contribution in [3.05, 3.63) is 17.5 Å². The first-order chi connectivity index (χ1) is 10.5. The van der Waals surface area contributed by atoms with Crippen LogP contribution in [-0.2, 0) is 9.53 Å². The van der Waals surface area contributed by atoms with Gasteiger partial charge in [-0.15, -0.1) is 0 Å². The minimum absolute atomic E-state index is 0.0855. The summed E-state index contributed by atoms with van der Waals surface area (Å²) in [5, 5.41) is 3.77. The zero-order valence-corrected chi connectivity index (χ0v) is 12.7. The molecule has 7 nitrogen and oxygen atoms in total. The first-order valence-electron chi connectivity index (χ1n) is 7.72. The van der Waals surface area contributed by atoms with Gasteiger partial charge in [0.05, 0.1) is 6.10 Å². The van der Waals surface area contributed by atoms with E-state index in [1.54, 1.807) is 17.9 Å². The highest BCUT2D eigenvalue weighted by molar-refractivity contribution is 5.92. The number of carbonyl (C=O) groups excluding carboxylic acids is 2. The average molecular weight is 307 g/mol. The number of primary amides is 1. The van der Waals surface area contributed by atoms with Crippen LogP contribution in [0.25, 0.3) is 0 Å². The molecule has 7 heteroatoms. The molecule has 120 valence electrons. The molecule has 1 aromatic rings. The number of likely N-dealkylation sites (tertiary alicyclic amines) is 1. The van der Waals surface area contributed by atoms with Crippen LogP contribution in [0.2, 0.25) is 0 Å². The quantitative estimate of drug-likeness (QED) is 0.893. The fourth-order valence-electron chi connectivity index (χ4n) is 3.32. The predicted octanol–water partition coefficient (Wildman–Crippen LogP) is 0.868. The molecule has 0 aliphatic carbocycles. The Morgan fingerprint density at radius 3 is 2.55 bits per heavy atom. The van der Waals surface area contributed by atoms with E-state index in [9.17, 15) is 9.59 Å². The maximum atomic E-state index is 12.3. The van der Waals surface area contributed by atoms with Crippen molar-refractivity contribution in [2.24, 2.45) is 11.7 Å². The van der Waals surface area contributed by atoms with E-state index in [4.69, 9.17) is 15.0 Å². The number of aromatic nitrogens is 1. The van der Waals surface area contributed by atoms with Crippen molar-refractivity contribution in [1.82, 2.24) is 10.1 Å². The molecular weight excluding hydrogens is 286 g/mol. The average Bonchev–Trinajstić information content (AvgIpc) is 3.16. The number of rotatable bonds is 3. The zero-order chi connectivity index (χ0) is 15.7. The summed E-state index contributed by atoms with van der Waals surface area (Å²) in [6.45, 7) is 3.12. The molecular formula is C15H21N3O4. The Morgan fingerprint density at radius 1 is 1.27 bits per heavy atom. The number of nitrogens with zero attached hydrogens (tertiary/aromatic N) is 2. The van der Waals surface area contributed by atoms with Gasteiger partial charge in [-0.1, -0.05) is 5.16 Å². The van der Waals surface area contributed by atoms with Crippen LogP contribution in [0.15, 0.2) is 10.6 Å². The summed E-state index contributed by atoms with van der Waals surface area (Å²) in [7, 11) is 0. The number of aryl methyl sites for hydroxylation is 1. The normalized spacial score (nSPS) is 26.3. The number of amides is 2. The molecule has 2 N–H and O–H groups in total. The van der Waals surface area contributed by atoms with Crippen LogP contribution in [0, 0.1) is 12.8 Å². The lowest BCUT2D eigenvalue weighted by Gasteiger charge is -2.34. The van der Waals surface area contributed by atoms with Gasteiger partial charge >= 0.3 is 0 Å². The SMILES string of the molecule is Cc1cc(C(=O)N2CCC([C@@H]3CC[C@H](C(N)=O)O3)CC2)no1. The third-order valence-corrected chi connectivity index (χ3v) is 4.57. The van der Waals surface area contributed by atoms with E-state index in [1.165, 1.54) is 0 Å². The van der Waals surface area contributed by atoms with E-state index in [0.29, 0.717) is 36.9 Å². The molecule has 2 saturated heterocycles. The van der Waals surface area contributed by atoms with Gasteiger partial charge in [-0.3, -0.25) is 9.59 Å². The molecule has 2 amide bonds. The molecule has 3 heterocycles. The molecule has 22 heavy (non-hydrogen) atoms. The molecule has 2 aliphatic heterocycles. The second-order valence-corrected chi connectivity index (χ2v) is 6.10. The van der Waals surface area contributed by atoms with Gasteiger partial charge in [0.15, 0.2) is 5.69 Å². The third kappa shape index (κ3) is 2.99. The molecule has 0 bridgehead atoms. The van der Waals surface area contributed by atoms with Crippen molar-refractivity contribution >= 4 is 11.8 Å². The van der Waals surface area contributed by atoms with Gasteiger partial charge in [0.1, 0.15) is 11.9 Å². The Kier molecular flexibility index (Phi) is 4.15. The smallest absolute Gasteiger partial charge is 0.276 e. The molecule has 0 unspecified atom stereocenters. The Bertz CT molecular complexity index is 563. The van der Waals surface area contributed by atoms with Gasteiger partial charge in [0.2, 0.25) is 5.91 Å². The number of carbonyl (C=O) groups is 2. The van der Waals surface area contributed by atoms with Gasteiger partial charge < -0.3 is 19.9 Å². The fraction of sp³-hybridized carbons (Fsp3) is 0.667. The van der Waals surface area contributed by atoms with Crippen molar-refractivity contribution in [2.45, 2.75) is 44.8 Å². The van der Waals surface area contributed by atoms with E-state index in [2.05, 4.69) is 5.16 Å². The molecule has 0 saturated carbocycles. The van der Waals surface area contributed by atoms with Crippen molar-refractivity contribution in [1.29, 1.82) is 0 Å². The molecule has 0 aromatic carbocycles. The van der Waals surface area contributed by atoms with E-state index < -0.39 is 6.10 Å². The monoisotopic (exact) mass is 307 g/mol. The van der Waals surface area contributed by atoms with Crippen LogP contribution in [0.5, 0.6) is 0 Å². The van der Waals surface area contributed by atoms with Crippen molar-refractivity contribution in [2.75, 3.05) is 13.1 Å². The third-order valence-electron chi connectivity index (χ3n) is 4.57. The summed E-state index contributed by atoms with van der Waals surface area (Å²) in [5.74, 6) is 0.552. The van der Waals surface area contributed by atoms with E-state index in [1.807, 2.05) is 0 Å². The van der Waals surface area contributed by atoms with E-state index >= 15 is 0 Å². The number of hydrogen-bond acceptors (Lipinski definition) is 5. The molecule has 0 spiro atoms. The van der Waals surface area contributed by atoms with Gasteiger partial charge in [-0.25, -0.2) is 0 Å². The van der Waals surface area contributed by atoms with Gasteiger partial charge in [-0.05, 0) is 38.5 Å². The van der Waals surface area contributed by atoms with E-state index in [0.717, 1.165) is 19.3 Å². The second kappa shape index (κ2) is 6.08. The summed E-state index contributed by atoms with van der Waals surface area (Å²) < 4.78 is 10.7. The van der Waals surface area contributed by atoms with Gasteiger partial charge in [0.25, 0.3) is 5.91 Å². The van der Waals surface area contributed by atoms with Crippen LogP contribution in [-0.4, -0.2) is 47.2 Å². The minimum Gasteiger partial charge on any atom is -0.367 e. The van der Waals surface area contributed by atoms with Crippen LogP contribution in [0.3, 0.4) is 0 Å². The summed E-state index contributed by atoms with van der Waals surface area (Å²) in [4.78, 5) is 25.3. The summed E-state index contributed by atoms with van der Waals surface area (Å²) in [5.41, 5.74) is 5.65. The largest absolute Gasteiger partial charge is 0.367 e. The van der Waals surface area contributed by atoms with Gasteiger partial charge in [-0.2, -0.15) is 0 Å².